The van der Waals surface area contributed by atoms with E-state index in [1.807, 2.05) is 38.1 Å². The maximum Gasteiger partial charge on any atom is 0.407 e. The van der Waals surface area contributed by atoms with Gasteiger partial charge in [-0.2, -0.15) is 0 Å². The Hall–Kier alpha value is -7.91. The first-order valence-electron chi connectivity index (χ1n) is 33.8. The third-order valence-corrected chi connectivity index (χ3v) is 20.7. The van der Waals surface area contributed by atoms with Crippen molar-refractivity contribution in [3.05, 3.63) is 138 Å². The number of fused-ring (bicyclic) bond motifs is 5. The van der Waals surface area contributed by atoms with E-state index in [0.29, 0.717) is 43.4 Å². The average Bonchev–Trinajstić information content (AvgIpc) is 1.49. The second-order valence-corrected chi connectivity index (χ2v) is 27.3. The zero-order chi connectivity index (χ0) is 70.5. The van der Waals surface area contributed by atoms with E-state index in [2.05, 4.69) is 54.3 Å². The molecule has 0 spiro atoms. The fraction of sp³-hybridized carbons (Fsp3) is 0.575. The van der Waals surface area contributed by atoms with E-state index in [1.54, 1.807) is 31.2 Å². The molecular formula is C73H96N4O21. The van der Waals surface area contributed by atoms with Crippen LogP contribution in [-0.2, 0) is 83.1 Å². The predicted octanol–water partition coefficient (Wildman–Crippen LogP) is 8.72. The topological polar surface area (TPSA) is 330 Å². The molecule has 2 saturated heterocycles. The summed E-state index contributed by atoms with van der Waals surface area (Å²) >= 11 is 0. The fourth-order valence-electron chi connectivity index (χ4n) is 15.3. The SMILES string of the molecule is C=CCOC(=O)NCc1ccc(CNC(=O)O[C@H]2CC[C@@]3(C)C(=CC[C@@H]4C3CC[C@@]3(C)[C@H]4C[C@H](O[C@@H]4OC[C@H](O)[C@H](O[C@@H]5OC[C@@H](OC(=O)NCc6ccc(CNC(=O)OCC=C)cc6)[C@H](O)[C@H]5OC(=O)c5ccc(OC)cc5)[C@H]4OC(C)=O)[C@]3(O)[C@H](C)C(=O)CCC(C)C)C2)cc1. The molecule has 5 fully saturated rings. The number of ether oxygens (including phenoxy) is 11. The van der Waals surface area contributed by atoms with Crippen molar-refractivity contribution in [1.82, 2.24) is 21.3 Å². The Bertz CT molecular complexity index is 3310. The van der Waals surface area contributed by atoms with Crippen molar-refractivity contribution in [2.75, 3.05) is 33.5 Å². The number of methoxy groups -OCH3 is 1. The highest BCUT2D eigenvalue weighted by Gasteiger charge is 2.71. The molecule has 4 aliphatic carbocycles. The Morgan fingerprint density at radius 3 is 1.77 bits per heavy atom. The number of alkyl carbamates (subject to hydrolysis) is 4. The van der Waals surface area contributed by atoms with E-state index < -0.39 is 122 Å². The van der Waals surface area contributed by atoms with Crippen LogP contribution in [0.4, 0.5) is 19.2 Å². The molecule has 9 rings (SSSR count). The van der Waals surface area contributed by atoms with Crippen molar-refractivity contribution >= 4 is 42.1 Å². The number of ketones is 1. The van der Waals surface area contributed by atoms with Crippen molar-refractivity contribution in [2.45, 2.75) is 193 Å². The minimum Gasteiger partial charge on any atom is -0.497 e. The first kappa shape index (κ1) is 74.3. The zero-order valence-electron chi connectivity index (χ0n) is 56.9. The third kappa shape index (κ3) is 17.6. The van der Waals surface area contributed by atoms with Gasteiger partial charge in [0.15, 0.2) is 30.9 Å². The molecule has 0 radical (unpaired) electrons. The average molecular weight is 1370 g/mol. The van der Waals surface area contributed by atoms with Gasteiger partial charge in [0.25, 0.3) is 0 Å². The van der Waals surface area contributed by atoms with Crippen LogP contribution in [0.2, 0.25) is 0 Å². The first-order chi connectivity index (χ1) is 46.9. The van der Waals surface area contributed by atoms with Gasteiger partial charge < -0.3 is 88.7 Å². The number of hydrogen-bond acceptors (Lipinski definition) is 21. The third-order valence-electron chi connectivity index (χ3n) is 20.7. The molecule has 1 unspecified atom stereocenters. The minimum absolute atomic E-state index is 0.00640. The monoisotopic (exact) mass is 1360 g/mol. The van der Waals surface area contributed by atoms with Crippen molar-refractivity contribution in [1.29, 1.82) is 0 Å². The lowest BCUT2D eigenvalue weighted by molar-refractivity contribution is -0.345. The number of allylic oxidation sites excluding steroid dienone is 1. The second kappa shape index (κ2) is 33.3. The molecule has 2 aliphatic heterocycles. The van der Waals surface area contributed by atoms with Crippen molar-refractivity contribution in [3.8, 4) is 5.75 Å². The highest BCUT2D eigenvalue weighted by atomic mass is 16.8. The number of carbonyl (C=O) groups excluding carboxylic acids is 7. The molecule has 534 valence electrons. The smallest absolute Gasteiger partial charge is 0.407 e. The summed E-state index contributed by atoms with van der Waals surface area (Å²) < 4.78 is 64.8. The molecule has 3 saturated carbocycles. The number of aliphatic hydroxyl groups excluding tert-OH is 2. The lowest BCUT2D eigenvalue weighted by Gasteiger charge is -2.59. The van der Waals surface area contributed by atoms with Crippen LogP contribution < -0.4 is 26.0 Å². The van der Waals surface area contributed by atoms with Gasteiger partial charge in [0.2, 0.25) is 0 Å². The number of rotatable bonds is 27. The maximum absolute atomic E-state index is 14.6. The molecule has 0 aromatic heterocycles. The highest BCUT2D eigenvalue weighted by Crippen LogP contribution is 2.69. The molecule has 25 nitrogen and oxygen atoms in total. The largest absolute Gasteiger partial charge is 0.497 e. The van der Waals surface area contributed by atoms with Crippen LogP contribution >= 0.6 is 0 Å². The van der Waals surface area contributed by atoms with Gasteiger partial charge in [-0.05, 0) is 121 Å². The molecule has 17 atom stereocenters. The molecule has 98 heavy (non-hydrogen) atoms. The second-order valence-electron chi connectivity index (χ2n) is 27.3. The van der Waals surface area contributed by atoms with Crippen molar-refractivity contribution < 1.29 is 101 Å². The van der Waals surface area contributed by atoms with E-state index in [-0.39, 0.29) is 98.8 Å². The van der Waals surface area contributed by atoms with Gasteiger partial charge >= 0.3 is 36.3 Å². The number of carbonyl (C=O) groups is 7. The molecule has 25 heteroatoms. The van der Waals surface area contributed by atoms with E-state index in [9.17, 15) is 48.9 Å². The summed E-state index contributed by atoms with van der Waals surface area (Å²) in [6, 6.07) is 20.4. The first-order valence-corrected chi connectivity index (χ1v) is 33.8. The highest BCUT2D eigenvalue weighted by molar-refractivity contribution is 5.89. The summed E-state index contributed by atoms with van der Waals surface area (Å²) in [6.07, 6.45) is -6.94. The van der Waals surface area contributed by atoms with Gasteiger partial charge in [-0.15, -0.1) is 0 Å². The quantitative estimate of drug-likeness (QED) is 0.0213. The van der Waals surface area contributed by atoms with Gasteiger partial charge in [0.05, 0.1) is 32.0 Å². The minimum atomic E-state index is -1.82. The number of aliphatic hydroxyl groups is 3. The molecule has 7 N–H and O–H groups in total. The van der Waals surface area contributed by atoms with E-state index in [1.165, 1.54) is 49.1 Å². The predicted molar refractivity (Wildman–Crippen MR) is 353 cm³/mol. The van der Waals surface area contributed by atoms with Gasteiger partial charge in [-0.25, -0.2) is 24.0 Å². The van der Waals surface area contributed by atoms with E-state index >= 15 is 0 Å². The molecule has 0 bridgehead atoms. The van der Waals surface area contributed by atoms with Crippen LogP contribution in [0, 0.1) is 40.4 Å². The fourth-order valence-corrected chi connectivity index (χ4v) is 15.3. The van der Waals surface area contributed by atoms with Crippen molar-refractivity contribution in [3.63, 3.8) is 0 Å². The summed E-state index contributed by atoms with van der Waals surface area (Å²) in [4.78, 5) is 92.3. The normalized spacial score (nSPS) is 30.4. The van der Waals surface area contributed by atoms with E-state index in [4.69, 9.17) is 52.1 Å². The Balaban J connectivity index is 0.899. The molecule has 3 aromatic carbocycles. The molecular weight excluding hydrogens is 1270 g/mol. The Kier molecular flexibility index (Phi) is 25.3. The van der Waals surface area contributed by atoms with Gasteiger partial charge in [0, 0.05) is 57.3 Å². The zero-order valence-corrected chi connectivity index (χ0v) is 56.9. The maximum atomic E-state index is 14.6. The number of esters is 2. The summed E-state index contributed by atoms with van der Waals surface area (Å²) in [5.41, 5.74) is 1.44. The number of hydrogen-bond donors (Lipinski definition) is 7. The van der Waals surface area contributed by atoms with Crippen LogP contribution in [0.1, 0.15) is 132 Å². The lowest BCUT2D eigenvalue weighted by atomic mass is 9.46. The van der Waals surface area contributed by atoms with Crippen LogP contribution in [0.5, 0.6) is 5.75 Å². The molecule has 2 heterocycles. The van der Waals surface area contributed by atoms with Gasteiger partial charge in [-0.1, -0.05) is 120 Å². The van der Waals surface area contributed by atoms with Gasteiger partial charge in [-0.3, -0.25) is 9.59 Å². The molecule has 3 aromatic rings. The van der Waals surface area contributed by atoms with E-state index in [0.717, 1.165) is 36.5 Å². The summed E-state index contributed by atoms with van der Waals surface area (Å²) in [5, 5.41) is 48.6. The summed E-state index contributed by atoms with van der Waals surface area (Å²) in [6.45, 7) is 18.3. The lowest BCUT2D eigenvalue weighted by Crippen LogP contribution is -2.64. The van der Waals surface area contributed by atoms with Crippen molar-refractivity contribution in [2.24, 2.45) is 40.4 Å². The number of amides is 4. The number of nitrogens with one attached hydrogen (secondary N) is 4. The Labute approximate surface area is 571 Å². The van der Waals surface area contributed by atoms with Crippen LogP contribution in [0.15, 0.2) is 110 Å². The summed E-state index contributed by atoms with van der Waals surface area (Å²) in [5.74, 6) is -2.19. The van der Waals surface area contributed by atoms with Crippen LogP contribution in [0.25, 0.3) is 0 Å². The Morgan fingerprint density at radius 1 is 0.663 bits per heavy atom. The molecule has 6 aliphatic rings. The van der Waals surface area contributed by atoms with Crippen LogP contribution in [-0.4, -0.2) is 158 Å². The number of benzene rings is 3. The van der Waals surface area contributed by atoms with Gasteiger partial charge in [0.1, 0.15) is 54.8 Å². The number of Topliss-reactive ketones (excluding diaryl/α,β-unsaturated/α-hetero) is 1. The van der Waals surface area contributed by atoms with Crippen LogP contribution in [0.3, 0.4) is 0 Å². The standard InChI is InChI=1S/C73H96N4O21/c1-10-32-89-67(83)74-36-45-13-17-47(18-14-45)38-76-69(85)94-52-28-30-71(7)50(34-52)23-26-53-54(71)29-31-72(8)55(53)35-59(73(72,87)43(5)56(79)27-12-42(3)4)96-66-63(93-44(6)78)61(57(80)40-91-66)98-65-62(97-64(82)49-21-24-51(88-9)25-22-49)60(81)58(41-92-65)95-70(86)77-39-48-19-15-46(16-20-48)37-75-68(84)90-33-11-2/h10-11,13-25,42-43,52-55,57-63,65-66,80-81,87H,1-2,12,26-41H2,3-9H3,(H,74,83)(H,75,84)(H,76,85)(H,77,86)/t43-,52+,53-,54?,55+,57+,58-,59+,60+,61+,62-,63-,65+,66+,71+,72+,73-/m1/s1. The molecule has 4 amide bonds. The Morgan fingerprint density at radius 2 is 1.21 bits per heavy atom. The summed E-state index contributed by atoms with van der Waals surface area (Å²) in [7, 11) is 1.46.